The first-order valence-corrected chi connectivity index (χ1v) is 11.5. The van der Waals surface area contributed by atoms with Gasteiger partial charge in [-0.25, -0.2) is 0 Å². The molecule has 0 aliphatic rings. The number of phenolic OH excluding ortho intramolecular Hbond substituents is 2. The maximum absolute atomic E-state index is 10.1. The molecule has 0 aromatic heterocycles. The van der Waals surface area contributed by atoms with Crippen LogP contribution in [0.5, 0.6) is 23.0 Å². The lowest BCUT2D eigenvalue weighted by Crippen LogP contribution is -2.03. The smallest absolute Gasteiger partial charge is 0.207 e. The SMILES string of the molecule is CCCCCCCCCOc1ccc(O)c(O)c1OCCCCCCCCC. The molecule has 28 heavy (non-hydrogen) atoms. The maximum Gasteiger partial charge on any atom is 0.207 e. The Balaban J connectivity index is 2.30. The van der Waals surface area contributed by atoms with Crippen molar-refractivity contribution in [2.24, 2.45) is 0 Å². The lowest BCUT2D eigenvalue weighted by atomic mass is 10.1. The number of benzene rings is 1. The fraction of sp³-hybridized carbons (Fsp3) is 0.750. The monoisotopic (exact) mass is 394 g/mol. The fourth-order valence-electron chi connectivity index (χ4n) is 3.27. The summed E-state index contributed by atoms with van der Waals surface area (Å²) in [6, 6.07) is 3.13. The number of rotatable bonds is 18. The minimum absolute atomic E-state index is 0.169. The lowest BCUT2D eigenvalue weighted by Gasteiger charge is -2.15. The van der Waals surface area contributed by atoms with Gasteiger partial charge in [0.25, 0.3) is 0 Å². The number of unbranched alkanes of at least 4 members (excludes halogenated alkanes) is 12. The summed E-state index contributed by atoms with van der Waals surface area (Å²) in [5, 5.41) is 19.9. The van der Waals surface area contributed by atoms with Gasteiger partial charge in [-0.15, -0.1) is 0 Å². The van der Waals surface area contributed by atoms with Crippen LogP contribution in [0.15, 0.2) is 12.1 Å². The second kappa shape index (κ2) is 16.4. The van der Waals surface area contributed by atoms with Crippen LogP contribution < -0.4 is 9.47 Å². The molecule has 1 aromatic carbocycles. The molecule has 0 aliphatic carbocycles. The van der Waals surface area contributed by atoms with E-state index in [0.717, 1.165) is 25.7 Å². The van der Waals surface area contributed by atoms with Gasteiger partial charge in [0, 0.05) is 0 Å². The van der Waals surface area contributed by atoms with Crippen molar-refractivity contribution in [2.45, 2.75) is 104 Å². The summed E-state index contributed by atoms with van der Waals surface area (Å²) in [5.41, 5.74) is 0. The van der Waals surface area contributed by atoms with Gasteiger partial charge in [0.2, 0.25) is 11.5 Å². The van der Waals surface area contributed by atoms with Crippen molar-refractivity contribution in [1.29, 1.82) is 0 Å². The molecule has 162 valence electrons. The Labute approximate surface area is 172 Å². The zero-order valence-electron chi connectivity index (χ0n) is 18.2. The van der Waals surface area contributed by atoms with Crippen LogP contribution in [0.4, 0.5) is 0 Å². The molecule has 0 fully saturated rings. The summed E-state index contributed by atoms with van der Waals surface area (Å²) in [7, 11) is 0. The summed E-state index contributed by atoms with van der Waals surface area (Å²) in [4.78, 5) is 0. The number of hydrogen-bond donors (Lipinski definition) is 2. The number of ether oxygens (including phenoxy) is 2. The van der Waals surface area contributed by atoms with Crippen molar-refractivity contribution in [3.63, 3.8) is 0 Å². The topological polar surface area (TPSA) is 58.9 Å². The summed E-state index contributed by atoms with van der Waals surface area (Å²) in [6.45, 7) is 5.58. The predicted molar refractivity (Wildman–Crippen MR) is 117 cm³/mol. The molecule has 0 saturated carbocycles. The lowest BCUT2D eigenvalue weighted by molar-refractivity contribution is 0.245. The fourth-order valence-corrected chi connectivity index (χ4v) is 3.27. The Morgan fingerprint density at radius 3 is 1.61 bits per heavy atom. The summed E-state index contributed by atoms with van der Waals surface area (Å²) in [6.07, 6.45) is 17.0. The highest BCUT2D eigenvalue weighted by Crippen LogP contribution is 2.43. The van der Waals surface area contributed by atoms with E-state index < -0.39 is 0 Å². The van der Waals surface area contributed by atoms with Crippen molar-refractivity contribution in [3.05, 3.63) is 12.1 Å². The number of phenols is 2. The molecule has 0 radical (unpaired) electrons. The quantitative estimate of drug-likeness (QED) is 0.202. The molecule has 0 bridgehead atoms. The first kappa shape index (κ1) is 24.5. The van der Waals surface area contributed by atoms with Crippen LogP contribution in [-0.2, 0) is 0 Å². The predicted octanol–water partition coefficient (Wildman–Crippen LogP) is 7.36. The molecule has 4 heteroatoms. The Morgan fingerprint density at radius 1 is 0.607 bits per heavy atom. The standard InChI is InChI=1S/C24H42O4/c1-3-5-7-9-11-13-15-19-27-22-18-17-21(25)23(26)24(22)28-20-16-14-12-10-8-6-4-2/h17-18,25-26H,3-16,19-20H2,1-2H3. The van der Waals surface area contributed by atoms with E-state index in [1.807, 2.05) is 0 Å². The highest BCUT2D eigenvalue weighted by Gasteiger charge is 2.15. The van der Waals surface area contributed by atoms with E-state index in [-0.39, 0.29) is 17.2 Å². The summed E-state index contributed by atoms with van der Waals surface area (Å²) < 4.78 is 11.6. The zero-order valence-corrected chi connectivity index (χ0v) is 18.2. The molecule has 0 aliphatic heterocycles. The van der Waals surface area contributed by atoms with Gasteiger partial charge < -0.3 is 19.7 Å². The van der Waals surface area contributed by atoms with Gasteiger partial charge in [-0.05, 0) is 25.0 Å². The van der Waals surface area contributed by atoms with E-state index >= 15 is 0 Å². The van der Waals surface area contributed by atoms with Gasteiger partial charge in [0.15, 0.2) is 11.5 Å². The van der Waals surface area contributed by atoms with Crippen molar-refractivity contribution < 1.29 is 19.7 Å². The molecular formula is C24H42O4. The van der Waals surface area contributed by atoms with Crippen molar-refractivity contribution in [1.82, 2.24) is 0 Å². The van der Waals surface area contributed by atoms with Gasteiger partial charge in [0.1, 0.15) is 0 Å². The third-order valence-electron chi connectivity index (χ3n) is 5.07. The minimum atomic E-state index is -0.222. The maximum atomic E-state index is 10.1. The van der Waals surface area contributed by atoms with Crippen LogP contribution in [0.2, 0.25) is 0 Å². The second-order valence-corrected chi connectivity index (χ2v) is 7.70. The molecule has 2 N–H and O–H groups in total. The van der Waals surface area contributed by atoms with Crippen LogP contribution in [0.3, 0.4) is 0 Å². The molecule has 1 rings (SSSR count). The summed E-state index contributed by atoms with van der Waals surface area (Å²) >= 11 is 0. The molecule has 0 unspecified atom stereocenters. The second-order valence-electron chi connectivity index (χ2n) is 7.70. The largest absolute Gasteiger partial charge is 0.504 e. The van der Waals surface area contributed by atoms with Gasteiger partial charge in [-0.1, -0.05) is 90.9 Å². The Hall–Kier alpha value is -1.58. The molecule has 1 aromatic rings. The third kappa shape index (κ3) is 10.7. The highest BCUT2D eigenvalue weighted by molar-refractivity contribution is 5.57. The average molecular weight is 395 g/mol. The van der Waals surface area contributed by atoms with E-state index in [9.17, 15) is 10.2 Å². The van der Waals surface area contributed by atoms with E-state index in [1.54, 1.807) is 6.07 Å². The van der Waals surface area contributed by atoms with Crippen molar-refractivity contribution >= 4 is 0 Å². The molecule has 0 atom stereocenters. The van der Waals surface area contributed by atoms with Crippen molar-refractivity contribution in [3.8, 4) is 23.0 Å². The molecule has 0 saturated heterocycles. The van der Waals surface area contributed by atoms with Crippen LogP contribution in [0.1, 0.15) is 104 Å². The molecule has 0 spiro atoms. The van der Waals surface area contributed by atoms with Crippen LogP contribution in [0.25, 0.3) is 0 Å². The minimum Gasteiger partial charge on any atom is -0.504 e. The van der Waals surface area contributed by atoms with E-state index in [2.05, 4.69) is 13.8 Å². The van der Waals surface area contributed by atoms with Gasteiger partial charge in [-0.3, -0.25) is 0 Å². The zero-order chi connectivity index (χ0) is 20.5. The first-order chi connectivity index (χ1) is 13.7. The van der Waals surface area contributed by atoms with E-state index in [4.69, 9.17) is 9.47 Å². The van der Waals surface area contributed by atoms with Gasteiger partial charge in [0.05, 0.1) is 13.2 Å². The number of aromatic hydroxyl groups is 2. The Bertz CT molecular complexity index is 502. The van der Waals surface area contributed by atoms with Crippen LogP contribution in [-0.4, -0.2) is 23.4 Å². The Kier molecular flexibility index (Phi) is 14.3. The molecule has 0 heterocycles. The molecule has 4 nitrogen and oxygen atoms in total. The molecular weight excluding hydrogens is 352 g/mol. The Morgan fingerprint density at radius 2 is 1.07 bits per heavy atom. The van der Waals surface area contributed by atoms with Crippen LogP contribution in [0, 0.1) is 0 Å². The summed E-state index contributed by atoms with van der Waals surface area (Å²) in [5.74, 6) is 0.399. The van der Waals surface area contributed by atoms with Gasteiger partial charge in [-0.2, -0.15) is 0 Å². The molecule has 0 amide bonds. The third-order valence-corrected chi connectivity index (χ3v) is 5.07. The van der Waals surface area contributed by atoms with Gasteiger partial charge >= 0.3 is 0 Å². The van der Waals surface area contributed by atoms with E-state index in [0.29, 0.717) is 19.0 Å². The van der Waals surface area contributed by atoms with Crippen molar-refractivity contribution in [2.75, 3.05) is 13.2 Å². The average Bonchev–Trinajstić information content (AvgIpc) is 2.70. The first-order valence-electron chi connectivity index (χ1n) is 11.5. The highest BCUT2D eigenvalue weighted by atomic mass is 16.5. The van der Waals surface area contributed by atoms with Crippen LogP contribution >= 0.6 is 0 Å². The van der Waals surface area contributed by atoms with E-state index in [1.165, 1.54) is 70.3 Å². The normalized spacial score (nSPS) is 10.9. The number of hydrogen-bond acceptors (Lipinski definition) is 4.